The van der Waals surface area contributed by atoms with E-state index in [0.717, 1.165) is 5.56 Å². The van der Waals surface area contributed by atoms with Gasteiger partial charge in [0, 0.05) is 10.6 Å². The summed E-state index contributed by atoms with van der Waals surface area (Å²) in [5.74, 6) is -0.702. The number of fused-ring (bicyclic) bond motifs is 2. The van der Waals surface area contributed by atoms with E-state index < -0.39 is 11.9 Å². The van der Waals surface area contributed by atoms with Crippen LogP contribution in [0.25, 0.3) is 22.2 Å². The number of aromatic nitrogens is 3. The minimum Gasteiger partial charge on any atom is -0.462 e. The summed E-state index contributed by atoms with van der Waals surface area (Å²) in [5, 5.41) is 3.44. The van der Waals surface area contributed by atoms with Crippen molar-refractivity contribution in [1.82, 2.24) is 14.5 Å². The molecule has 5 rings (SSSR count). The molecule has 0 aliphatic rings. The van der Waals surface area contributed by atoms with Crippen molar-refractivity contribution < 1.29 is 14.3 Å². The molecule has 0 atom stereocenters. The predicted molar refractivity (Wildman–Crippen MR) is 136 cm³/mol. The van der Waals surface area contributed by atoms with Crippen LogP contribution in [0.3, 0.4) is 0 Å². The van der Waals surface area contributed by atoms with Crippen LogP contribution in [-0.2, 0) is 11.3 Å². The molecule has 5 aromatic rings. The van der Waals surface area contributed by atoms with Crippen LogP contribution in [0.5, 0.6) is 0 Å². The van der Waals surface area contributed by atoms with Crippen molar-refractivity contribution >= 4 is 51.5 Å². The summed E-state index contributed by atoms with van der Waals surface area (Å²) in [7, 11) is 0. The van der Waals surface area contributed by atoms with Gasteiger partial charge in [-0.05, 0) is 48.9 Å². The average Bonchev–Trinajstić information content (AvgIpc) is 3.15. The van der Waals surface area contributed by atoms with E-state index in [2.05, 4.69) is 5.32 Å². The lowest BCUT2D eigenvalue weighted by atomic mass is 10.2. The summed E-state index contributed by atoms with van der Waals surface area (Å²) in [6.07, 6.45) is 0. The van der Waals surface area contributed by atoms with Crippen molar-refractivity contribution in [1.29, 1.82) is 0 Å². The highest BCUT2D eigenvalue weighted by atomic mass is 35.5. The molecule has 0 fully saturated rings. The second-order valence-corrected chi connectivity index (χ2v) is 8.30. The third kappa shape index (κ3) is 4.46. The van der Waals surface area contributed by atoms with Crippen molar-refractivity contribution in [2.45, 2.75) is 13.5 Å². The van der Waals surface area contributed by atoms with Gasteiger partial charge in [-0.25, -0.2) is 14.8 Å². The Labute approximate surface area is 206 Å². The summed E-state index contributed by atoms with van der Waals surface area (Å²) in [6, 6.07) is 23.7. The molecule has 0 bridgehead atoms. The number of anilines is 1. The van der Waals surface area contributed by atoms with E-state index in [-0.39, 0.29) is 18.0 Å². The first-order valence-electron chi connectivity index (χ1n) is 11.1. The minimum atomic E-state index is -0.583. The monoisotopic (exact) mass is 484 g/mol. The van der Waals surface area contributed by atoms with Gasteiger partial charge < -0.3 is 14.6 Å². The second kappa shape index (κ2) is 9.56. The van der Waals surface area contributed by atoms with Gasteiger partial charge in [-0.1, -0.05) is 54.1 Å². The van der Waals surface area contributed by atoms with Gasteiger partial charge in [0.25, 0.3) is 5.91 Å². The maximum Gasteiger partial charge on any atom is 0.344 e. The Kier molecular flexibility index (Phi) is 6.16. The van der Waals surface area contributed by atoms with Gasteiger partial charge in [0.1, 0.15) is 16.9 Å². The lowest BCUT2D eigenvalue weighted by Gasteiger charge is -2.13. The number of ether oxygens (including phenoxy) is 1. The Bertz CT molecular complexity index is 1550. The van der Waals surface area contributed by atoms with E-state index >= 15 is 0 Å². The summed E-state index contributed by atoms with van der Waals surface area (Å²) in [6.45, 7) is 2.27. The van der Waals surface area contributed by atoms with Crippen molar-refractivity contribution in [3.8, 4) is 0 Å². The van der Waals surface area contributed by atoms with E-state index in [1.54, 1.807) is 35.8 Å². The quantitative estimate of drug-likeness (QED) is 0.312. The maximum atomic E-state index is 13.2. The lowest BCUT2D eigenvalue weighted by Crippen LogP contribution is -2.18. The number of hydrogen-bond donors (Lipinski definition) is 1. The smallest absolute Gasteiger partial charge is 0.344 e. The molecule has 0 radical (unpaired) electrons. The predicted octanol–water partition coefficient (Wildman–Crippen LogP) is 5.72. The standard InChI is InChI=1S/C27H21ClN4O3/c1-2-35-27(34)22-23-25(30-21-11-7-6-10-20(21)29-23)32(16-17-8-4-3-5-9-17)24(22)31-26(33)18-12-14-19(28)15-13-18/h3-15H,2,16H2,1H3,(H,31,33). The van der Waals surface area contributed by atoms with Gasteiger partial charge in [0.2, 0.25) is 0 Å². The molecule has 3 aromatic carbocycles. The number of nitrogens with zero attached hydrogens (tertiary/aromatic N) is 3. The molecular formula is C27H21ClN4O3. The Morgan fingerprint density at radius 3 is 2.26 bits per heavy atom. The molecular weight excluding hydrogens is 464 g/mol. The topological polar surface area (TPSA) is 86.1 Å². The zero-order valence-corrected chi connectivity index (χ0v) is 19.6. The molecule has 0 spiro atoms. The highest BCUT2D eigenvalue weighted by Gasteiger charge is 2.28. The Morgan fingerprint density at radius 2 is 1.57 bits per heavy atom. The first-order valence-corrected chi connectivity index (χ1v) is 11.5. The zero-order valence-electron chi connectivity index (χ0n) is 18.9. The third-order valence-corrected chi connectivity index (χ3v) is 5.80. The largest absolute Gasteiger partial charge is 0.462 e. The lowest BCUT2D eigenvalue weighted by molar-refractivity contribution is 0.0529. The average molecular weight is 485 g/mol. The van der Waals surface area contributed by atoms with Gasteiger partial charge in [0.05, 0.1) is 24.2 Å². The number of rotatable bonds is 6. The van der Waals surface area contributed by atoms with E-state index in [1.165, 1.54) is 0 Å². The second-order valence-electron chi connectivity index (χ2n) is 7.86. The Hall–Kier alpha value is -4.23. The van der Waals surface area contributed by atoms with Crippen LogP contribution < -0.4 is 5.32 Å². The normalized spacial score (nSPS) is 11.0. The minimum absolute atomic E-state index is 0.165. The van der Waals surface area contributed by atoms with Crippen LogP contribution >= 0.6 is 11.6 Å². The van der Waals surface area contributed by atoms with Crippen LogP contribution in [0, 0.1) is 0 Å². The summed E-state index contributed by atoms with van der Waals surface area (Å²) >= 11 is 5.98. The van der Waals surface area contributed by atoms with Crippen molar-refractivity contribution in [2.24, 2.45) is 0 Å². The number of carbonyl (C=O) groups excluding carboxylic acids is 2. The van der Waals surface area contributed by atoms with E-state index in [4.69, 9.17) is 26.3 Å². The first-order chi connectivity index (χ1) is 17.0. The fourth-order valence-corrected chi connectivity index (χ4v) is 4.05. The molecule has 35 heavy (non-hydrogen) atoms. The number of esters is 1. The molecule has 0 aliphatic heterocycles. The number of carbonyl (C=O) groups is 2. The van der Waals surface area contributed by atoms with Crippen molar-refractivity contribution in [3.63, 3.8) is 0 Å². The van der Waals surface area contributed by atoms with Crippen molar-refractivity contribution in [2.75, 3.05) is 11.9 Å². The molecule has 2 aromatic heterocycles. The Morgan fingerprint density at radius 1 is 0.914 bits per heavy atom. The number of amides is 1. The van der Waals surface area contributed by atoms with Crippen LogP contribution in [-0.4, -0.2) is 33.0 Å². The number of para-hydroxylation sites is 2. The molecule has 2 heterocycles. The van der Waals surface area contributed by atoms with Crippen LogP contribution in [0.2, 0.25) is 5.02 Å². The number of nitrogens with one attached hydrogen (secondary N) is 1. The van der Waals surface area contributed by atoms with Gasteiger partial charge in [0.15, 0.2) is 5.65 Å². The van der Waals surface area contributed by atoms with Gasteiger partial charge in [-0.3, -0.25) is 4.79 Å². The Balaban J connectivity index is 1.75. The van der Waals surface area contributed by atoms with Crippen LogP contribution in [0.4, 0.5) is 5.82 Å². The first kappa shape index (κ1) is 22.6. The van der Waals surface area contributed by atoms with Gasteiger partial charge >= 0.3 is 5.97 Å². The fraction of sp³-hybridized carbons (Fsp3) is 0.111. The highest BCUT2D eigenvalue weighted by molar-refractivity contribution is 6.30. The summed E-state index contributed by atoms with van der Waals surface area (Å²) in [5.41, 5.74) is 3.68. The van der Waals surface area contributed by atoms with Gasteiger partial charge in [-0.15, -0.1) is 0 Å². The summed E-state index contributed by atoms with van der Waals surface area (Å²) < 4.78 is 7.16. The molecule has 1 amide bonds. The number of hydrogen-bond acceptors (Lipinski definition) is 5. The van der Waals surface area contributed by atoms with Gasteiger partial charge in [-0.2, -0.15) is 0 Å². The molecule has 0 saturated heterocycles. The molecule has 7 nitrogen and oxygen atoms in total. The van der Waals surface area contributed by atoms with E-state index in [1.807, 2.05) is 54.6 Å². The van der Waals surface area contributed by atoms with Crippen molar-refractivity contribution in [3.05, 3.63) is 101 Å². The molecule has 8 heteroatoms. The highest BCUT2D eigenvalue weighted by Crippen LogP contribution is 2.32. The van der Waals surface area contributed by atoms with E-state index in [0.29, 0.717) is 39.3 Å². The SMILES string of the molecule is CCOC(=O)c1c(NC(=O)c2ccc(Cl)cc2)n(Cc2ccccc2)c2nc3ccccc3nc12. The number of halogens is 1. The third-order valence-electron chi connectivity index (χ3n) is 5.55. The maximum absolute atomic E-state index is 13.2. The molecule has 1 N–H and O–H groups in total. The van der Waals surface area contributed by atoms with Crippen LogP contribution in [0.1, 0.15) is 33.2 Å². The zero-order chi connectivity index (χ0) is 24.4. The molecule has 0 unspecified atom stereocenters. The molecule has 0 aliphatic carbocycles. The number of benzene rings is 3. The van der Waals surface area contributed by atoms with Crippen LogP contribution in [0.15, 0.2) is 78.9 Å². The molecule has 174 valence electrons. The summed E-state index contributed by atoms with van der Waals surface area (Å²) in [4.78, 5) is 35.9. The van der Waals surface area contributed by atoms with E-state index in [9.17, 15) is 9.59 Å². The fourth-order valence-electron chi connectivity index (χ4n) is 3.93. The molecule has 0 saturated carbocycles.